The smallest absolute Gasteiger partial charge is 0.218 e. The van der Waals surface area contributed by atoms with Gasteiger partial charge in [0.25, 0.3) is 0 Å². The van der Waals surface area contributed by atoms with Gasteiger partial charge < -0.3 is 21.6 Å². The van der Waals surface area contributed by atoms with Crippen molar-refractivity contribution in [2.24, 2.45) is 0 Å². The van der Waals surface area contributed by atoms with Gasteiger partial charge in [-0.15, -0.1) is 12.1 Å². The number of hydrogen-bond donors (Lipinski definition) is 1. The van der Waals surface area contributed by atoms with E-state index in [1.165, 1.54) is 4.52 Å². The maximum Gasteiger partial charge on any atom is 0.218 e. The molecule has 117 valence electrons. The van der Waals surface area contributed by atoms with Crippen LogP contribution in [0.5, 0.6) is 0 Å². The molecule has 0 spiro atoms. The van der Waals surface area contributed by atoms with Crippen molar-refractivity contribution in [2.45, 2.75) is 13.3 Å². The number of nitrogens with two attached hydrogens (primary N) is 1. The molecule has 4 aromatic heterocycles. The first-order valence-corrected chi connectivity index (χ1v) is 6.83. The van der Waals surface area contributed by atoms with Gasteiger partial charge in [-0.3, -0.25) is 4.98 Å². The van der Waals surface area contributed by atoms with Crippen molar-refractivity contribution in [2.75, 3.05) is 5.73 Å². The van der Waals surface area contributed by atoms with Gasteiger partial charge in [0.15, 0.2) is 11.4 Å². The molecular weight excluding hydrogens is 369 g/mol. The number of hydrogen-bond acceptors (Lipinski definition) is 5. The van der Waals surface area contributed by atoms with Crippen molar-refractivity contribution in [3.05, 3.63) is 44.6 Å². The molecule has 0 saturated heterocycles. The molecule has 0 saturated carbocycles. The summed E-state index contributed by atoms with van der Waals surface area (Å²) in [6.07, 6.45) is 4.38. The van der Waals surface area contributed by atoms with Gasteiger partial charge in [-0.1, -0.05) is 19.2 Å². The van der Waals surface area contributed by atoms with E-state index < -0.39 is 0 Å². The monoisotopic (exact) mass is 385 g/mol. The maximum absolute atomic E-state index is 5.89. The zero-order valence-electron chi connectivity index (χ0n) is 12.8. The van der Waals surface area contributed by atoms with Crippen LogP contribution < -0.4 is 5.73 Å². The van der Waals surface area contributed by atoms with E-state index in [-0.39, 0.29) is 38.7 Å². The van der Waals surface area contributed by atoms with Gasteiger partial charge in [0, 0.05) is 38.4 Å². The Morgan fingerprint density at radius 1 is 1.26 bits per heavy atom. The fraction of sp³-hybridized carbons (Fsp3) is 0.133. The van der Waals surface area contributed by atoms with Gasteiger partial charge in [0.05, 0.1) is 6.26 Å². The Balaban J connectivity index is 0.000000448. The summed E-state index contributed by atoms with van der Waals surface area (Å²) in [5.41, 5.74) is 7.20. The number of nitrogens with zero attached hydrogens (tertiary/aromatic N) is 5. The standard InChI is InChI=1S/C12H9N6O.C3H7.Y/c1-17-5-4-7-10(17)15-12(13)18-11(7)14-9(16-18)8-3-2-6-19-8;1-3-2;/h2-6H,1H2,(H2,13,15);1,3H2,2H3;/q2*-1;. The Labute approximate surface area is 158 Å². The summed E-state index contributed by atoms with van der Waals surface area (Å²) in [6, 6.07) is 5.46. The van der Waals surface area contributed by atoms with Gasteiger partial charge in [-0.25, -0.2) is 4.98 Å². The van der Waals surface area contributed by atoms with E-state index in [1.54, 1.807) is 29.2 Å². The number of furan rings is 1. The fourth-order valence-electron chi connectivity index (χ4n) is 2.08. The summed E-state index contributed by atoms with van der Waals surface area (Å²) in [5, 5.41) is 5.15. The number of anilines is 1. The van der Waals surface area contributed by atoms with Crippen LogP contribution in [0.2, 0.25) is 0 Å². The van der Waals surface area contributed by atoms with Gasteiger partial charge in [-0.2, -0.15) is 10.9 Å². The van der Waals surface area contributed by atoms with Crippen LogP contribution in [-0.2, 0) is 32.7 Å². The van der Waals surface area contributed by atoms with E-state index in [0.29, 0.717) is 22.9 Å². The molecule has 0 atom stereocenters. The molecule has 7 nitrogen and oxygen atoms in total. The molecule has 0 unspecified atom stereocenters. The third-order valence-electron chi connectivity index (χ3n) is 2.96. The number of nitrogen functional groups attached to an aromatic ring is 1. The maximum atomic E-state index is 5.89. The van der Waals surface area contributed by atoms with Gasteiger partial charge in [-0.05, 0) is 17.5 Å². The zero-order chi connectivity index (χ0) is 15.7. The summed E-state index contributed by atoms with van der Waals surface area (Å²) in [4.78, 5) is 8.72. The Morgan fingerprint density at radius 3 is 2.65 bits per heavy atom. The predicted octanol–water partition coefficient (Wildman–Crippen LogP) is 2.79. The van der Waals surface area contributed by atoms with Crippen LogP contribution in [0, 0.1) is 14.0 Å². The number of fused-ring (bicyclic) bond motifs is 3. The molecule has 2 N–H and O–H groups in total. The summed E-state index contributed by atoms with van der Waals surface area (Å²) < 4.78 is 8.44. The Hall–Kier alpha value is -1.86. The van der Waals surface area contributed by atoms with E-state index in [9.17, 15) is 0 Å². The van der Waals surface area contributed by atoms with Crippen molar-refractivity contribution in [1.82, 2.24) is 24.1 Å². The molecule has 0 bridgehead atoms. The zero-order valence-corrected chi connectivity index (χ0v) is 15.6. The second-order valence-electron chi connectivity index (χ2n) is 4.64. The van der Waals surface area contributed by atoms with Crippen LogP contribution >= 0.6 is 0 Å². The molecule has 0 aliphatic carbocycles. The van der Waals surface area contributed by atoms with E-state index in [1.807, 2.05) is 13.0 Å². The molecule has 23 heavy (non-hydrogen) atoms. The first-order chi connectivity index (χ1) is 10.7. The van der Waals surface area contributed by atoms with E-state index in [0.717, 1.165) is 11.8 Å². The van der Waals surface area contributed by atoms with Crippen molar-refractivity contribution >= 4 is 22.6 Å². The SMILES string of the molecule is [CH2-]CC.[CH2-]n1ccc2c1nc(N)n1nc(-c3ccco3)nc21.[Y]. The normalized spacial score (nSPS) is 10.3. The average Bonchev–Trinajstić information content (AvgIpc) is 3.19. The molecule has 4 rings (SSSR count). The van der Waals surface area contributed by atoms with Crippen LogP contribution in [-0.4, -0.2) is 24.1 Å². The summed E-state index contributed by atoms with van der Waals surface area (Å²) >= 11 is 0. The number of rotatable bonds is 1. The topological polar surface area (TPSA) is 87.2 Å². The van der Waals surface area contributed by atoms with Crippen LogP contribution in [0.3, 0.4) is 0 Å². The molecule has 1 radical (unpaired) electrons. The van der Waals surface area contributed by atoms with Crippen molar-refractivity contribution in [3.63, 3.8) is 0 Å². The quantitative estimate of drug-likeness (QED) is 0.509. The molecule has 4 aromatic rings. The Kier molecular flexibility index (Phi) is 5.44. The fourth-order valence-corrected chi connectivity index (χ4v) is 2.08. The molecule has 0 aliphatic heterocycles. The number of aromatic nitrogens is 5. The third-order valence-corrected chi connectivity index (χ3v) is 2.96. The minimum Gasteiger partial charge on any atom is -0.472 e. The minimum atomic E-state index is 0. The van der Waals surface area contributed by atoms with Crippen LogP contribution in [0.1, 0.15) is 13.3 Å². The summed E-state index contributed by atoms with van der Waals surface area (Å²) in [5.74, 6) is 1.32. The minimum absolute atomic E-state index is 0. The molecule has 4 heterocycles. The van der Waals surface area contributed by atoms with E-state index in [2.05, 4.69) is 29.0 Å². The molecule has 8 heteroatoms. The predicted molar refractivity (Wildman–Crippen MR) is 84.8 cm³/mol. The van der Waals surface area contributed by atoms with Gasteiger partial charge >= 0.3 is 0 Å². The Morgan fingerprint density at radius 2 is 2.00 bits per heavy atom. The third kappa shape index (κ3) is 3.11. The first-order valence-electron chi connectivity index (χ1n) is 6.83. The van der Waals surface area contributed by atoms with Crippen LogP contribution in [0.25, 0.3) is 28.3 Å². The van der Waals surface area contributed by atoms with Crippen molar-refractivity contribution in [1.29, 1.82) is 0 Å². The van der Waals surface area contributed by atoms with Gasteiger partial charge in [0.1, 0.15) is 0 Å². The second kappa shape index (κ2) is 7.15. The summed E-state index contributed by atoms with van der Waals surface area (Å²) in [7, 11) is 3.84. The molecule has 0 aliphatic rings. The Bertz CT molecular complexity index is 909. The largest absolute Gasteiger partial charge is 0.472 e. The molecular formula is C15H16N6OY-2. The van der Waals surface area contributed by atoms with Crippen molar-refractivity contribution < 1.29 is 37.1 Å². The summed E-state index contributed by atoms with van der Waals surface area (Å²) in [6.45, 7) is 5.50. The van der Waals surface area contributed by atoms with Crippen LogP contribution in [0.4, 0.5) is 5.95 Å². The van der Waals surface area contributed by atoms with E-state index in [4.69, 9.17) is 10.2 Å². The molecule has 0 fully saturated rings. The first kappa shape index (κ1) is 17.5. The van der Waals surface area contributed by atoms with Crippen LogP contribution in [0.15, 0.2) is 35.1 Å². The molecule has 0 aromatic carbocycles. The van der Waals surface area contributed by atoms with Crippen molar-refractivity contribution in [3.8, 4) is 11.6 Å². The van der Waals surface area contributed by atoms with Gasteiger partial charge in [0.2, 0.25) is 11.8 Å². The average molecular weight is 385 g/mol. The molecule has 0 amide bonds. The second-order valence-corrected chi connectivity index (χ2v) is 4.64. The van der Waals surface area contributed by atoms with E-state index >= 15 is 0 Å².